The van der Waals surface area contributed by atoms with Gasteiger partial charge in [0.2, 0.25) is 10.4 Å². The Hall–Kier alpha value is -2.16. The van der Waals surface area contributed by atoms with Gasteiger partial charge >= 0.3 is 0 Å². The van der Waals surface area contributed by atoms with E-state index in [1.54, 1.807) is 17.0 Å². The monoisotopic (exact) mass is 285 g/mol. The summed E-state index contributed by atoms with van der Waals surface area (Å²) in [4.78, 5) is 0. The molecular formula is C11H11NO6S. The molecule has 102 valence electrons. The molecule has 3 N–H and O–H groups in total. The number of nitrogens with zero attached hydrogens (tertiary/aromatic N) is 1. The van der Waals surface area contributed by atoms with Crippen LogP contribution < -0.4 is 4.57 Å². The van der Waals surface area contributed by atoms with Gasteiger partial charge in [0.1, 0.15) is 5.75 Å². The van der Waals surface area contributed by atoms with Crippen molar-refractivity contribution in [3.05, 3.63) is 48.8 Å². The van der Waals surface area contributed by atoms with Gasteiger partial charge in [-0.05, 0) is 12.1 Å². The van der Waals surface area contributed by atoms with Crippen LogP contribution in [0.15, 0.2) is 48.8 Å². The molecular weight excluding hydrogens is 274 g/mol. The second-order valence-electron chi connectivity index (χ2n) is 3.38. The number of phenolic OH excluding ortho intramolecular Hbond substituents is 2. The Morgan fingerprint density at radius 3 is 2.11 bits per heavy atom. The molecule has 8 heteroatoms. The van der Waals surface area contributed by atoms with Crippen LogP contribution in [0.25, 0.3) is 5.69 Å². The van der Waals surface area contributed by atoms with Gasteiger partial charge in [-0.15, -0.1) is 0 Å². The van der Waals surface area contributed by atoms with Crippen LogP contribution in [0, 0.1) is 0 Å². The second kappa shape index (κ2) is 6.14. The Labute approximate surface area is 109 Å². The maximum atomic E-state index is 9.56. The van der Waals surface area contributed by atoms with Crippen molar-refractivity contribution < 1.29 is 32.3 Å². The minimum Gasteiger partial charge on any atom is -0.726 e. The Kier molecular flexibility index (Phi) is 4.81. The third-order valence-corrected chi connectivity index (χ3v) is 1.95. The van der Waals surface area contributed by atoms with Crippen LogP contribution in [0.1, 0.15) is 0 Å². The highest BCUT2D eigenvalue weighted by Gasteiger charge is 2.11. The standard InChI is InChI=1S/C11H9NO2.H2O4S/c13-9-4-5-11(14)10(8-9)12-6-2-1-3-7-12;1-5(2,3)4/h1-8H,(H-,13,14);(H2,1,2,3,4). The molecule has 1 aromatic heterocycles. The smallest absolute Gasteiger partial charge is 0.256 e. The summed E-state index contributed by atoms with van der Waals surface area (Å²) >= 11 is 0. The molecule has 0 radical (unpaired) electrons. The first-order valence-electron chi connectivity index (χ1n) is 4.94. The van der Waals surface area contributed by atoms with Crippen molar-refractivity contribution in [1.82, 2.24) is 0 Å². The molecule has 1 heterocycles. The van der Waals surface area contributed by atoms with Gasteiger partial charge in [0.05, 0.1) is 6.07 Å². The Morgan fingerprint density at radius 2 is 1.58 bits per heavy atom. The van der Waals surface area contributed by atoms with Crippen LogP contribution in [0.5, 0.6) is 11.5 Å². The highest BCUT2D eigenvalue weighted by molar-refractivity contribution is 7.79. The van der Waals surface area contributed by atoms with Crippen molar-refractivity contribution >= 4 is 10.4 Å². The van der Waals surface area contributed by atoms with Crippen molar-refractivity contribution in [3.63, 3.8) is 0 Å². The van der Waals surface area contributed by atoms with Crippen molar-refractivity contribution in [2.75, 3.05) is 0 Å². The van der Waals surface area contributed by atoms with Crippen LogP contribution in [-0.2, 0) is 10.4 Å². The molecule has 0 bridgehead atoms. The first-order chi connectivity index (χ1) is 8.77. The fraction of sp³-hybridized carbons (Fsp3) is 0. The number of phenols is 2. The SMILES string of the molecule is O=S(=O)([O-])O.Oc1ccc(O)c(-[n+]2ccccc2)c1. The van der Waals surface area contributed by atoms with Gasteiger partial charge in [0.25, 0.3) is 5.69 Å². The number of hydrogen-bond acceptors (Lipinski definition) is 5. The summed E-state index contributed by atoms with van der Waals surface area (Å²) in [6.45, 7) is 0. The molecule has 0 atom stereocenters. The number of pyridine rings is 1. The Bertz CT molecular complexity index is 633. The minimum atomic E-state index is -4.92. The fourth-order valence-corrected chi connectivity index (χ4v) is 1.28. The summed E-state index contributed by atoms with van der Waals surface area (Å²) < 4.78 is 34.6. The zero-order valence-electron chi connectivity index (χ0n) is 9.54. The molecule has 2 aromatic rings. The predicted molar refractivity (Wildman–Crippen MR) is 63.6 cm³/mol. The maximum Gasteiger partial charge on any atom is 0.256 e. The number of aromatic nitrogens is 1. The minimum absolute atomic E-state index is 0.133. The van der Waals surface area contributed by atoms with E-state index in [1.165, 1.54) is 18.2 Å². The lowest BCUT2D eigenvalue weighted by molar-refractivity contribution is -0.596. The predicted octanol–water partition coefficient (Wildman–Crippen LogP) is 0.379. The molecule has 19 heavy (non-hydrogen) atoms. The van der Waals surface area contributed by atoms with Crippen LogP contribution in [-0.4, -0.2) is 27.7 Å². The van der Waals surface area contributed by atoms with Crippen LogP contribution >= 0.6 is 0 Å². The molecule has 2 rings (SSSR count). The third-order valence-electron chi connectivity index (χ3n) is 1.95. The van der Waals surface area contributed by atoms with Gasteiger partial charge in [-0.3, -0.25) is 4.55 Å². The number of benzene rings is 1. The lowest BCUT2D eigenvalue weighted by atomic mass is 10.2. The quantitative estimate of drug-likeness (QED) is 0.301. The van der Waals surface area contributed by atoms with Crippen LogP contribution in [0.4, 0.5) is 0 Å². The molecule has 0 fully saturated rings. The lowest BCUT2D eigenvalue weighted by Gasteiger charge is -1.98. The van der Waals surface area contributed by atoms with Crippen molar-refractivity contribution in [2.24, 2.45) is 0 Å². The molecule has 0 spiro atoms. The van der Waals surface area contributed by atoms with Gasteiger partial charge < -0.3 is 14.8 Å². The van der Waals surface area contributed by atoms with Gasteiger partial charge in [-0.25, -0.2) is 8.42 Å². The Balaban J connectivity index is 0.000000312. The zero-order valence-corrected chi connectivity index (χ0v) is 10.4. The number of aromatic hydroxyl groups is 2. The molecule has 1 aromatic carbocycles. The normalized spacial score (nSPS) is 10.4. The van der Waals surface area contributed by atoms with E-state index in [1.807, 2.05) is 18.2 Å². The molecule has 0 amide bonds. The van der Waals surface area contributed by atoms with E-state index in [0.717, 1.165) is 0 Å². The average molecular weight is 285 g/mol. The molecule has 7 nitrogen and oxygen atoms in total. The molecule has 0 aliphatic rings. The van der Waals surface area contributed by atoms with Gasteiger partial charge in [0.15, 0.2) is 18.1 Å². The average Bonchev–Trinajstić information content (AvgIpc) is 2.31. The van der Waals surface area contributed by atoms with Crippen molar-refractivity contribution in [3.8, 4) is 17.2 Å². The van der Waals surface area contributed by atoms with Gasteiger partial charge in [-0.2, -0.15) is 4.57 Å². The summed E-state index contributed by atoms with van der Waals surface area (Å²) in [6, 6.07) is 10.0. The molecule has 0 aliphatic carbocycles. The highest BCUT2D eigenvalue weighted by Crippen LogP contribution is 2.21. The molecule has 0 saturated heterocycles. The van der Waals surface area contributed by atoms with E-state index in [4.69, 9.17) is 17.5 Å². The molecule has 0 aliphatic heterocycles. The summed E-state index contributed by atoms with van der Waals surface area (Å²) in [5, 5.41) is 18.8. The largest absolute Gasteiger partial charge is 0.726 e. The first-order valence-corrected chi connectivity index (χ1v) is 6.31. The Morgan fingerprint density at radius 1 is 1.05 bits per heavy atom. The summed E-state index contributed by atoms with van der Waals surface area (Å²) in [5.74, 6) is 0.271. The first kappa shape index (κ1) is 14.9. The zero-order chi connectivity index (χ0) is 14.5. The highest BCUT2D eigenvalue weighted by atomic mass is 32.3. The lowest BCUT2D eigenvalue weighted by Crippen LogP contribution is -2.28. The maximum absolute atomic E-state index is 9.56. The number of hydrogen-bond donors (Lipinski definition) is 3. The molecule has 0 saturated carbocycles. The third kappa shape index (κ3) is 5.82. The van der Waals surface area contributed by atoms with Crippen molar-refractivity contribution in [2.45, 2.75) is 0 Å². The molecule has 0 unspecified atom stereocenters. The summed E-state index contributed by atoms with van der Waals surface area (Å²) in [5.41, 5.74) is 0.561. The van der Waals surface area contributed by atoms with E-state index in [-0.39, 0.29) is 11.5 Å². The van der Waals surface area contributed by atoms with E-state index >= 15 is 0 Å². The number of rotatable bonds is 1. The fourth-order valence-electron chi connectivity index (χ4n) is 1.28. The topological polar surface area (TPSA) is 122 Å². The van der Waals surface area contributed by atoms with Crippen LogP contribution in [0.3, 0.4) is 0 Å². The summed E-state index contributed by atoms with van der Waals surface area (Å²) in [6.07, 6.45) is 3.60. The van der Waals surface area contributed by atoms with E-state index in [2.05, 4.69) is 0 Å². The summed E-state index contributed by atoms with van der Waals surface area (Å²) in [7, 11) is -4.92. The van der Waals surface area contributed by atoms with E-state index in [9.17, 15) is 10.2 Å². The van der Waals surface area contributed by atoms with Gasteiger partial charge in [-0.1, -0.05) is 6.07 Å². The van der Waals surface area contributed by atoms with E-state index < -0.39 is 10.4 Å². The second-order valence-corrected chi connectivity index (χ2v) is 4.24. The van der Waals surface area contributed by atoms with Crippen LogP contribution in [0.2, 0.25) is 0 Å². The van der Waals surface area contributed by atoms with E-state index in [0.29, 0.717) is 5.69 Å². The van der Waals surface area contributed by atoms with Crippen molar-refractivity contribution in [1.29, 1.82) is 0 Å². The van der Waals surface area contributed by atoms with Gasteiger partial charge in [0, 0.05) is 12.1 Å².